The fourth-order valence-electron chi connectivity index (χ4n) is 2.95. The summed E-state index contributed by atoms with van der Waals surface area (Å²) in [5.74, 6) is 0.700. The van der Waals surface area contributed by atoms with Gasteiger partial charge in [0, 0.05) is 19.2 Å². The lowest BCUT2D eigenvalue weighted by Gasteiger charge is -2.24. The van der Waals surface area contributed by atoms with Crippen LogP contribution in [0.15, 0.2) is 24.3 Å². The molecule has 0 saturated carbocycles. The highest BCUT2D eigenvalue weighted by molar-refractivity contribution is 5.89. The van der Waals surface area contributed by atoms with Gasteiger partial charge in [0.25, 0.3) is 5.91 Å². The van der Waals surface area contributed by atoms with Crippen molar-refractivity contribution >= 4 is 18.0 Å². The summed E-state index contributed by atoms with van der Waals surface area (Å²) in [6.07, 6.45) is 8.53. The van der Waals surface area contributed by atoms with Gasteiger partial charge in [-0.3, -0.25) is 4.79 Å². The third kappa shape index (κ3) is 4.98. The van der Waals surface area contributed by atoms with Crippen LogP contribution in [-0.4, -0.2) is 43.3 Å². The molecule has 2 aliphatic rings. The van der Waals surface area contributed by atoms with Crippen LogP contribution in [0, 0.1) is 0 Å². The second kappa shape index (κ2) is 8.55. The van der Waals surface area contributed by atoms with Crippen LogP contribution >= 0.6 is 0 Å². The lowest BCUT2D eigenvalue weighted by molar-refractivity contribution is -0.148. The van der Waals surface area contributed by atoms with Crippen molar-refractivity contribution in [3.05, 3.63) is 29.8 Å². The maximum absolute atomic E-state index is 12.2. The Hall–Kier alpha value is -2.50. The Morgan fingerprint density at radius 1 is 1.04 bits per heavy atom. The van der Waals surface area contributed by atoms with E-state index in [0.717, 1.165) is 44.3 Å². The van der Waals surface area contributed by atoms with Crippen LogP contribution in [0.4, 0.5) is 0 Å². The molecule has 1 saturated heterocycles. The monoisotopic (exact) mass is 345 g/mol. The number of nitrogens with zero attached hydrogens (tertiary/aromatic N) is 1. The summed E-state index contributed by atoms with van der Waals surface area (Å²) in [5.41, 5.74) is 0.802. The number of carbonyl (C=O) groups is 2. The van der Waals surface area contributed by atoms with Crippen LogP contribution in [0.3, 0.4) is 0 Å². The van der Waals surface area contributed by atoms with E-state index in [1.54, 1.807) is 23.1 Å². The van der Waals surface area contributed by atoms with Crippen LogP contribution in [0.25, 0.3) is 6.08 Å². The molecule has 134 valence electrons. The van der Waals surface area contributed by atoms with E-state index in [2.05, 4.69) is 0 Å². The van der Waals surface area contributed by atoms with Crippen molar-refractivity contribution in [1.82, 2.24) is 4.90 Å². The molecule has 0 aromatic heterocycles. The number of benzene rings is 1. The fourth-order valence-corrected chi connectivity index (χ4v) is 2.95. The Balaban J connectivity index is 1.46. The van der Waals surface area contributed by atoms with E-state index >= 15 is 0 Å². The number of amides is 1. The molecular weight excluding hydrogens is 322 g/mol. The summed E-state index contributed by atoms with van der Waals surface area (Å²) in [5, 5.41) is 0. The Labute approximate surface area is 147 Å². The Morgan fingerprint density at radius 2 is 1.76 bits per heavy atom. The first-order valence-corrected chi connectivity index (χ1v) is 8.74. The zero-order valence-corrected chi connectivity index (χ0v) is 14.2. The number of carbonyl (C=O) groups excluding carboxylic acids is 2. The summed E-state index contributed by atoms with van der Waals surface area (Å²) in [6, 6.07) is 5.40. The maximum atomic E-state index is 12.2. The van der Waals surface area contributed by atoms with Gasteiger partial charge in [-0.2, -0.15) is 0 Å². The van der Waals surface area contributed by atoms with Crippen molar-refractivity contribution in [2.75, 3.05) is 26.5 Å². The minimum absolute atomic E-state index is 0.119. The van der Waals surface area contributed by atoms with Crippen LogP contribution < -0.4 is 9.47 Å². The smallest absolute Gasteiger partial charge is 0.331 e. The summed E-state index contributed by atoms with van der Waals surface area (Å²) >= 11 is 0. The number of fused-ring (bicyclic) bond motifs is 1. The standard InChI is InChI=1S/C19H23NO5/c21-18(20-10-4-2-1-3-5-11-20)13-23-19(22)9-7-15-6-8-16-17(12-15)25-14-24-16/h6-9,12H,1-5,10-11,13-14H2/b9-7+. The first-order valence-electron chi connectivity index (χ1n) is 8.74. The zero-order valence-electron chi connectivity index (χ0n) is 14.2. The molecule has 2 aliphatic heterocycles. The van der Waals surface area contributed by atoms with Gasteiger partial charge < -0.3 is 19.1 Å². The SMILES string of the molecule is O=C(/C=C/c1ccc2c(c1)OCO2)OCC(=O)N1CCCCCCC1. The number of hydrogen-bond donors (Lipinski definition) is 0. The van der Waals surface area contributed by atoms with Gasteiger partial charge >= 0.3 is 5.97 Å². The van der Waals surface area contributed by atoms with E-state index in [1.807, 2.05) is 6.07 Å². The number of esters is 1. The van der Waals surface area contributed by atoms with Gasteiger partial charge in [0.1, 0.15) is 0 Å². The first-order chi connectivity index (χ1) is 12.2. The Bertz CT molecular complexity index is 647. The Kier molecular flexibility index (Phi) is 5.93. The molecule has 6 heteroatoms. The van der Waals surface area contributed by atoms with Crippen molar-refractivity contribution < 1.29 is 23.8 Å². The number of ether oxygens (including phenoxy) is 3. The molecule has 0 spiro atoms. The summed E-state index contributed by atoms with van der Waals surface area (Å²) in [4.78, 5) is 25.8. The topological polar surface area (TPSA) is 65.1 Å². The maximum Gasteiger partial charge on any atom is 0.331 e. The van der Waals surface area contributed by atoms with Gasteiger partial charge in [-0.25, -0.2) is 4.79 Å². The van der Waals surface area contributed by atoms with Crippen molar-refractivity contribution in [1.29, 1.82) is 0 Å². The van der Waals surface area contributed by atoms with Gasteiger partial charge in [-0.15, -0.1) is 0 Å². The second-order valence-electron chi connectivity index (χ2n) is 6.20. The van der Waals surface area contributed by atoms with E-state index in [0.29, 0.717) is 11.5 Å². The average molecular weight is 345 g/mol. The predicted octanol–water partition coefficient (Wildman–Crippen LogP) is 2.76. The average Bonchev–Trinajstić information content (AvgIpc) is 3.05. The molecule has 0 N–H and O–H groups in total. The number of rotatable bonds is 4. The van der Waals surface area contributed by atoms with Gasteiger partial charge in [-0.05, 0) is 36.6 Å². The third-order valence-electron chi connectivity index (χ3n) is 4.36. The van der Waals surface area contributed by atoms with Crippen molar-refractivity contribution in [2.24, 2.45) is 0 Å². The van der Waals surface area contributed by atoms with Gasteiger partial charge in [-0.1, -0.05) is 25.3 Å². The quantitative estimate of drug-likeness (QED) is 0.620. The Morgan fingerprint density at radius 3 is 2.56 bits per heavy atom. The van der Waals surface area contributed by atoms with Crippen LogP contribution in [0.1, 0.15) is 37.7 Å². The summed E-state index contributed by atoms with van der Waals surface area (Å²) in [7, 11) is 0. The van der Waals surface area contributed by atoms with Crippen molar-refractivity contribution in [3.8, 4) is 11.5 Å². The first kappa shape index (κ1) is 17.3. The molecule has 2 heterocycles. The molecule has 3 rings (SSSR count). The third-order valence-corrected chi connectivity index (χ3v) is 4.36. The molecule has 25 heavy (non-hydrogen) atoms. The second-order valence-corrected chi connectivity index (χ2v) is 6.20. The normalized spacial score (nSPS) is 17.2. The molecule has 1 fully saturated rings. The van der Waals surface area contributed by atoms with Crippen LogP contribution in [0.5, 0.6) is 11.5 Å². The molecule has 6 nitrogen and oxygen atoms in total. The van der Waals surface area contributed by atoms with Crippen LogP contribution in [0.2, 0.25) is 0 Å². The lowest BCUT2D eigenvalue weighted by atomic mass is 10.1. The minimum atomic E-state index is -0.530. The minimum Gasteiger partial charge on any atom is -0.454 e. The molecule has 0 atom stereocenters. The fraction of sp³-hybridized carbons (Fsp3) is 0.474. The van der Waals surface area contributed by atoms with E-state index in [9.17, 15) is 9.59 Å². The molecule has 0 bridgehead atoms. The zero-order chi connectivity index (χ0) is 17.5. The highest BCUT2D eigenvalue weighted by Gasteiger charge is 2.16. The van der Waals surface area contributed by atoms with E-state index in [-0.39, 0.29) is 19.3 Å². The highest BCUT2D eigenvalue weighted by atomic mass is 16.7. The van der Waals surface area contributed by atoms with E-state index in [1.165, 1.54) is 12.5 Å². The van der Waals surface area contributed by atoms with E-state index in [4.69, 9.17) is 14.2 Å². The van der Waals surface area contributed by atoms with Gasteiger partial charge in [0.05, 0.1) is 0 Å². The van der Waals surface area contributed by atoms with Gasteiger partial charge in [0.15, 0.2) is 18.1 Å². The number of likely N-dealkylation sites (tertiary alicyclic amines) is 1. The molecule has 0 aliphatic carbocycles. The van der Waals surface area contributed by atoms with E-state index < -0.39 is 5.97 Å². The highest BCUT2D eigenvalue weighted by Crippen LogP contribution is 2.32. The molecule has 0 unspecified atom stereocenters. The van der Waals surface area contributed by atoms with Crippen LogP contribution in [-0.2, 0) is 14.3 Å². The molecule has 1 aromatic carbocycles. The molecule has 0 radical (unpaired) electrons. The lowest BCUT2D eigenvalue weighted by Crippen LogP contribution is -2.36. The summed E-state index contributed by atoms with van der Waals surface area (Å²) in [6.45, 7) is 1.51. The molecular formula is C19H23NO5. The molecule has 1 amide bonds. The largest absolute Gasteiger partial charge is 0.454 e. The summed E-state index contributed by atoms with van der Waals surface area (Å²) < 4.78 is 15.6. The van der Waals surface area contributed by atoms with Gasteiger partial charge in [0.2, 0.25) is 6.79 Å². The number of hydrogen-bond acceptors (Lipinski definition) is 5. The van der Waals surface area contributed by atoms with Crippen molar-refractivity contribution in [3.63, 3.8) is 0 Å². The molecule has 1 aromatic rings. The predicted molar refractivity (Wildman–Crippen MR) is 92.2 cm³/mol. The van der Waals surface area contributed by atoms with Crippen molar-refractivity contribution in [2.45, 2.75) is 32.1 Å².